The molecule has 0 aliphatic heterocycles. The molecular formula is C19H15N3. The molecule has 0 unspecified atom stereocenters. The molecule has 0 bridgehead atoms. The van der Waals surface area contributed by atoms with E-state index in [9.17, 15) is 0 Å². The number of pyridine rings is 1. The standard InChI is InChI=1S/C19H15N3/c1-14-4-7-17(8-5-14)22-13-21-18-9-6-15(11-19(18)22)16-3-2-10-20-12-16/h2-13H,1H3. The quantitative estimate of drug-likeness (QED) is 0.546. The average molecular weight is 285 g/mol. The van der Waals surface area contributed by atoms with Crippen LogP contribution < -0.4 is 0 Å². The zero-order valence-corrected chi connectivity index (χ0v) is 12.3. The summed E-state index contributed by atoms with van der Waals surface area (Å²) in [5.41, 5.74) is 6.73. The summed E-state index contributed by atoms with van der Waals surface area (Å²) in [6, 6.07) is 18.8. The second-order valence-electron chi connectivity index (χ2n) is 5.40. The van der Waals surface area contributed by atoms with Crippen molar-refractivity contribution in [2.24, 2.45) is 0 Å². The van der Waals surface area contributed by atoms with E-state index in [1.807, 2.05) is 18.6 Å². The van der Waals surface area contributed by atoms with Crippen LogP contribution in [0.2, 0.25) is 0 Å². The van der Waals surface area contributed by atoms with E-state index >= 15 is 0 Å². The zero-order chi connectivity index (χ0) is 14.9. The van der Waals surface area contributed by atoms with Crippen LogP contribution in [0.15, 0.2) is 73.3 Å². The maximum absolute atomic E-state index is 4.50. The van der Waals surface area contributed by atoms with Crippen LogP contribution in [-0.2, 0) is 0 Å². The summed E-state index contributed by atoms with van der Waals surface area (Å²) in [7, 11) is 0. The lowest BCUT2D eigenvalue weighted by Crippen LogP contribution is -1.92. The van der Waals surface area contributed by atoms with E-state index in [-0.39, 0.29) is 0 Å². The maximum Gasteiger partial charge on any atom is 0.100 e. The van der Waals surface area contributed by atoms with Crippen LogP contribution in [0, 0.1) is 6.92 Å². The first-order chi connectivity index (χ1) is 10.8. The Balaban J connectivity index is 1.88. The van der Waals surface area contributed by atoms with E-state index in [4.69, 9.17) is 0 Å². The average Bonchev–Trinajstić information content (AvgIpc) is 2.99. The third-order valence-corrected chi connectivity index (χ3v) is 3.85. The number of aryl methyl sites for hydroxylation is 1. The molecule has 0 fully saturated rings. The summed E-state index contributed by atoms with van der Waals surface area (Å²) in [5.74, 6) is 0. The lowest BCUT2D eigenvalue weighted by atomic mass is 10.1. The van der Waals surface area contributed by atoms with Crippen LogP contribution in [0.5, 0.6) is 0 Å². The Kier molecular flexibility index (Phi) is 2.97. The molecule has 4 rings (SSSR count). The number of nitrogens with zero attached hydrogens (tertiary/aromatic N) is 3. The smallest absolute Gasteiger partial charge is 0.100 e. The maximum atomic E-state index is 4.50. The van der Waals surface area contributed by atoms with Crippen molar-refractivity contribution < 1.29 is 0 Å². The van der Waals surface area contributed by atoms with Crippen LogP contribution >= 0.6 is 0 Å². The minimum Gasteiger partial charge on any atom is -0.299 e. The molecule has 3 nitrogen and oxygen atoms in total. The fourth-order valence-electron chi connectivity index (χ4n) is 2.63. The van der Waals surface area contributed by atoms with Gasteiger partial charge >= 0.3 is 0 Å². The van der Waals surface area contributed by atoms with Gasteiger partial charge in [-0.15, -0.1) is 0 Å². The lowest BCUT2D eigenvalue weighted by Gasteiger charge is -2.06. The Hall–Kier alpha value is -2.94. The van der Waals surface area contributed by atoms with Gasteiger partial charge in [-0.1, -0.05) is 29.8 Å². The molecule has 22 heavy (non-hydrogen) atoms. The molecule has 0 spiro atoms. The van der Waals surface area contributed by atoms with Gasteiger partial charge in [-0.05, 0) is 42.8 Å². The molecule has 0 aliphatic rings. The van der Waals surface area contributed by atoms with Crippen molar-refractivity contribution in [3.8, 4) is 16.8 Å². The van der Waals surface area contributed by atoms with Crippen molar-refractivity contribution >= 4 is 11.0 Å². The van der Waals surface area contributed by atoms with E-state index in [0.29, 0.717) is 0 Å². The van der Waals surface area contributed by atoms with Crippen LogP contribution in [0.4, 0.5) is 0 Å². The second kappa shape index (κ2) is 5.11. The summed E-state index contributed by atoms with van der Waals surface area (Å²) in [6.45, 7) is 2.09. The van der Waals surface area contributed by atoms with Gasteiger partial charge in [0.2, 0.25) is 0 Å². The second-order valence-corrected chi connectivity index (χ2v) is 5.40. The first-order valence-electron chi connectivity index (χ1n) is 7.26. The first kappa shape index (κ1) is 12.8. The number of hydrogen-bond donors (Lipinski definition) is 0. The topological polar surface area (TPSA) is 30.7 Å². The SMILES string of the molecule is Cc1ccc(-n2cnc3ccc(-c4cccnc4)cc32)cc1. The number of fused-ring (bicyclic) bond motifs is 1. The highest BCUT2D eigenvalue weighted by atomic mass is 15.0. The van der Waals surface area contributed by atoms with Crippen LogP contribution in [0.25, 0.3) is 27.8 Å². The Bertz CT molecular complexity index is 922. The Morgan fingerprint density at radius 1 is 0.909 bits per heavy atom. The molecule has 106 valence electrons. The van der Waals surface area contributed by atoms with Gasteiger partial charge in [0.05, 0.1) is 11.0 Å². The first-order valence-corrected chi connectivity index (χ1v) is 7.26. The number of hydrogen-bond acceptors (Lipinski definition) is 2. The molecule has 2 aromatic heterocycles. The Labute approximate surface area is 128 Å². The van der Waals surface area contributed by atoms with Crippen LogP contribution in [0.1, 0.15) is 5.56 Å². The third kappa shape index (κ3) is 2.17. The number of rotatable bonds is 2. The van der Waals surface area contributed by atoms with Gasteiger partial charge in [-0.2, -0.15) is 0 Å². The molecule has 0 aliphatic carbocycles. The molecular weight excluding hydrogens is 270 g/mol. The van der Waals surface area contributed by atoms with Crippen molar-refractivity contribution in [3.05, 3.63) is 78.9 Å². The normalized spacial score (nSPS) is 11.0. The molecule has 0 amide bonds. The van der Waals surface area contributed by atoms with Crippen molar-refractivity contribution in [2.75, 3.05) is 0 Å². The fourth-order valence-corrected chi connectivity index (χ4v) is 2.63. The predicted molar refractivity (Wildman–Crippen MR) is 89.0 cm³/mol. The third-order valence-electron chi connectivity index (χ3n) is 3.85. The molecule has 0 N–H and O–H groups in total. The van der Waals surface area contributed by atoms with Gasteiger partial charge in [-0.25, -0.2) is 4.98 Å². The van der Waals surface area contributed by atoms with Gasteiger partial charge < -0.3 is 0 Å². The summed E-state index contributed by atoms with van der Waals surface area (Å²) >= 11 is 0. The van der Waals surface area contributed by atoms with E-state index < -0.39 is 0 Å². The molecule has 4 aromatic rings. The van der Waals surface area contributed by atoms with E-state index in [1.165, 1.54) is 5.56 Å². The van der Waals surface area contributed by atoms with E-state index in [0.717, 1.165) is 27.8 Å². The Morgan fingerprint density at radius 2 is 1.77 bits per heavy atom. The number of benzene rings is 2. The van der Waals surface area contributed by atoms with Gasteiger partial charge in [-0.3, -0.25) is 9.55 Å². The highest BCUT2D eigenvalue weighted by Crippen LogP contribution is 2.25. The van der Waals surface area contributed by atoms with Crippen molar-refractivity contribution in [2.45, 2.75) is 6.92 Å². The summed E-state index contributed by atoms with van der Waals surface area (Å²) in [5, 5.41) is 0. The highest BCUT2D eigenvalue weighted by Gasteiger charge is 2.06. The molecule has 2 aromatic carbocycles. The summed E-state index contributed by atoms with van der Waals surface area (Å²) in [6.07, 6.45) is 5.55. The molecule has 0 atom stereocenters. The molecule has 0 radical (unpaired) electrons. The van der Waals surface area contributed by atoms with Gasteiger partial charge in [0, 0.05) is 23.6 Å². The minimum absolute atomic E-state index is 0.994. The number of aromatic nitrogens is 3. The van der Waals surface area contributed by atoms with Crippen LogP contribution in [0.3, 0.4) is 0 Å². The summed E-state index contributed by atoms with van der Waals surface area (Å²) in [4.78, 5) is 8.70. The van der Waals surface area contributed by atoms with E-state index in [2.05, 4.69) is 70.0 Å². The summed E-state index contributed by atoms with van der Waals surface area (Å²) < 4.78 is 2.12. The van der Waals surface area contributed by atoms with Crippen LogP contribution in [-0.4, -0.2) is 14.5 Å². The monoisotopic (exact) mass is 285 g/mol. The fraction of sp³-hybridized carbons (Fsp3) is 0.0526. The van der Waals surface area contributed by atoms with Gasteiger partial charge in [0.1, 0.15) is 6.33 Å². The molecule has 2 heterocycles. The van der Waals surface area contributed by atoms with Crippen molar-refractivity contribution in [3.63, 3.8) is 0 Å². The minimum atomic E-state index is 0.994. The van der Waals surface area contributed by atoms with Crippen molar-refractivity contribution in [1.29, 1.82) is 0 Å². The van der Waals surface area contributed by atoms with Gasteiger partial charge in [0.15, 0.2) is 0 Å². The molecule has 0 saturated heterocycles. The zero-order valence-electron chi connectivity index (χ0n) is 12.3. The largest absolute Gasteiger partial charge is 0.299 e. The Morgan fingerprint density at radius 3 is 2.55 bits per heavy atom. The predicted octanol–water partition coefficient (Wildman–Crippen LogP) is 4.40. The molecule has 0 saturated carbocycles. The van der Waals surface area contributed by atoms with E-state index in [1.54, 1.807) is 6.20 Å². The number of imidazole rings is 1. The molecule has 3 heteroatoms. The van der Waals surface area contributed by atoms with Crippen molar-refractivity contribution in [1.82, 2.24) is 14.5 Å². The lowest BCUT2D eigenvalue weighted by molar-refractivity contribution is 1.09. The van der Waals surface area contributed by atoms with Gasteiger partial charge in [0.25, 0.3) is 0 Å². The highest BCUT2D eigenvalue weighted by molar-refractivity contribution is 5.83.